The third-order valence-electron chi connectivity index (χ3n) is 3.29. The lowest BCUT2D eigenvalue weighted by molar-refractivity contribution is -0.118. The zero-order valence-electron chi connectivity index (χ0n) is 10.7. The number of hydrogen-bond donors (Lipinski definition) is 1. The van der Waals surface area contributed by atoms with Crippen LogP contribution in [0.1, 0.15) is 12.0 Å². The second-order valence-corrected chi connectivity index (χ2v) is 5.48. The van der Waals surface area contributed by atoms with Gasteiger partial charge in [0.1, 0.15) is 0 Å². The highest BCUT2D eigenvalue weighted by Gasteiger charge is 2.25. The number of nitrogens with two attached hydrogens (primary N) is 1. The number of aryl methyl sites for hydroxylation is 1. The van der Waals surface area contributed by atoms with Crippen LogP contribution in [0.4, 0.5) is 11.4 Å². The third kappa shape index (κ3) is 2.37. The molecule has 1 aromatic rings. The number of nitrogens with zero attached hydrogens (tertiary/aromatic N) is 2. The number of anilines is 2. The first-order chi connectivity index (χ1) is 8.54. The molecule has 1 amide bonds. The third-order valence-corrected chi connectivity index (χ3v) is 3.75. The smallest absolute Gasteiger partial charge is 0.228 e. The summed E-state index contributed by atoms with van der Waals surface area (Å²) in [7, 11) is 1.83. The van der Waals surface area contributed by atoms with E-state index in [4.69, 9.17) is 5.73 Å². The molecule has 0 saturated carbocycles. The van der Waals surface area contributed by atoms with Gasteiger partial charge in [0.05, 0.1) is 11.4 Å². The van der Waals surface area contributed by atoms with Gasteiger partial charge in [0, 0.05) is 37.6 Å². The maximum atomic E-state index is 12.0. The molecular weight excluding hydrogens is 294 g/mol. The Balaban J connectivity index is 2.57. The second-order valence-electron chi connectivity index (χ2n) is 4.57. The van der Waals surface area contributed by atoms with Crippen molar-refractivity contribution in [2.75, 3.05) is 36.5 Å². The van der Waals surface area contributed by atoms with Crippen molar-refractivity contribution in [3.05, 3.63) is 22.2 Å². The summed E-state index contributed by atoms with van der Waals surface area (Å²) in [6.45, 7) is 4.16. The van der Waals surface area contributed by atoms with E-state index in [1.54, 1.807) is 4.90 Å². The molecule has 0 fully saturated rings. The second kappa shape index (κ2) is 5.28. The van der Waals surface area contributed by atoms with Gasteiger partial charge >= 0.3 is 0 Å². The zero-order valence-corrected chi connectivity index (χ0v) is 12.3. The average Bonchev–Trinajstić information content (AvgIpc) is 2.42. The van der Waals surface area contributed by atoms with Gasteiger partial charge in [0.25, 0.3) is 0 Å². The van der Waals surface area contributed by atoms with Crippen LogP contribution in [0.2, 0.25) is 0 Å². The van der Waals surface area contributed by atoms with Crippen molar-refractivity contribution in [2.24, 2.45) is 5.73 Å². The van der Waals surface area contributed by atoms with Crippen molar-refractivity contribution < 1.29 is 4.79 Å². The van der Waals surface area contributed by atoms with Crippen LogP contribution in [-0.4, -0.2) is 32.6 Å². The van der Waals surface area contributed by atoms with Crippen LogP contribution >= 0.6 is 15.9 Å². The van der Waals surface area contributed by atoms with E-state index in [2.05, 4.69) is 33.8 Å². The molecule has 0 aromatic heterocycles. The number of benzene rings is 1. The fraction of sp³-hybridized carbons (Fsp3) is 0.462. The van der Waals surface area contributed by atoms with Gasteiger partial charge in [-0.1, -0.05) is 15.9 Å². The lowest BCUT2D eigenvalue weighted by Crippen LogP contribution is -2.30. The number of hydrogen-bond acceptors (Lipinski definition) is 3. The summed E-state index contributed by atoms with van der Waals surface area (Å²) in [5.41, 5.74) is 8.91. The summed E-state index contributed by atoms with van der Waals surface area (Å²) in [5, 5.41) is 0. The SMILES string of the molecule is Cc1cc(Br)cc2c1N(CCN)CCC(=O)N2C. The quantitative estimate of drug-likeness (QED) is 0.907. The topological polar surface area (TPSA) is 49.6 Å². The predicted octanol–water partition coefficient (Wildman–Crippen LogP) is 1.89. The molecule has 5 heteroatoms. The van der Waals surface area contributed by atoms with Crippen molar-refractivity contribution in [2.45, 2.75) is 13.3 Å². The summed E-state index contributed by atoms with van der Waals surface area (Å²) >= 11 is 3.49. The minimum absolute atomic E-state index is 0.147. The highest BCUT2D eigenvalue weighted by molar-refractivity contribution is 9.10. The fourth-order valence-electron chi connectivity index (χ4n) is 2.41. The number of halogens is 1. The molecule has 0 bridgehead atoms. The normalized spacial score (nSPS) is 15.7. The Labute approximate surface area is 116 Å². The van der Waals surface area contributed by atoms with E-state index in [0.29, 0.717) is 13.0 Å². The molecule has 1 heterocycles. The van der Waals surface area contributed by atoms with E-state index in [0.717, 1.165) is 34.5 Å². The van der Waals surface area contributed by atoms with Gasteiger partial charge in [-0.05, 0) is 24.6 Å². The summed E-state index contributed by atoms with van der Waals surface area (Å²) in [4.78, 5) is 15.9. The highest BCUT2D eigenvalue weighted by atomic mass is 79.9. The number of amides is 1. The summed E-state index contributed by atoms with van der Waals surface area (Å²) < 4.78 is 0.994. The van der Waals surface area contributed by atoms with Gasteiger partial charge in [-0.25, -0.2) is 0 Å². The van der Waals surface area contributed by atoms with Crippen LogP contribution in [0.25, 0.3) is 0 Å². The van der Waals surface area contributed by atoms with Gasteiger partial charge in [-0.3, -0.25) is 4.79 Å². The van der Waals surface area contributed by atoms with E-state index in [1.165, 1.54) is 0 Å². The molecule has 0 aliphatic carbocycles. The Hall–Kier alpha value is -1.07. The highest BCUT2D eigenvalue weighted by Crippen LogP contribution is 2.37. The molecule has 1 aromatic carbocycles. The van der Waals surface area contributed by atoms with E-state index in [9.17, 15) is 4.79 Å². The maximum Gasteiger partial charge on any atom is 0.228 e. The first-order valence-electron chi connectivity index (χ1n) is 6.06. The molecule has 0 atom stereocenters. The van der Waals surface area contributed by atoms with Crippen molar-refractivity contribution in [1.82, 2.24) is 0 Å². The standard InChI is InChI=1S/C13H18BrN3O/c1-9-7-10(14)8-11-13(9)17(6-4-15)5-3-12(18)16(11)2/h7-8H,3-6,15H2,1-2H3. The number of carbonyl (C=O) groups excluding carboxylic acids is 1. The number of carbonyl (C=O) groups is 1. The molecular formula is C13H18BrN3O. The van der Waals surface area contributed by atoms with E-state index >= 15 is 0 Å². The Morgan fingerprint density at radius 2 is 2.17 bits per heavy atom. The monoisotopic (exact) mass is 311 g/mol. The minimum Gasteiger partial charge on any atom is -0.368 e. The largest absolute Gasteiger partial charge is 0.368 e. The van der Waals surface area contributed by atoms with E-state index in [1.807, 2.05) is 13.1 Å². The molecule has 98 valence electrons. The maximum absolute atomic E-state index is 12.0. The van der Waals surface area contributed by atoms with Crippen LogP contribution in [-0.2, 0) is 4.79 Å². The van der Waals surface area contributed by atoms with Gasteiger partial charge < -0.3 is 15.5 Å². The molecule has 2 rings (SSSR count). The first-order valence-corrected chi connectivity index (χ1v) is 6.85. The van der Waals surface area contributed by atoms with Crippen LogP contribution in [0.3, 0.4) is 0 Å². The fourth-order valence-corrected chi connectivity index (χ4v) is 2.97. The van der Waals surface area contributed by atoms with Gasteiger partial charge in [-0.2, -0.15) is 0 Å². The lowest BCUT2D eigenvalue weighted by atomic mass is 10.1. The van der Waals surface area contributed by atoms with E-state index < -0.39 is 0 Å². The van der Waals surface area contributed by atoms with Crippen molar-refractivity contribution in [1.29, 1.82) is 0 Å². The van der Waals surface area contributed by atoms with Gasteiger partial charge in [-0.15, -0.1) is 0 Å². The zero-order chi connectivity index (χ0) is 13.3. The lowest BCUT2D eigenvalue weighted by Gasteiger charge is -2.27. The van der Waals surface area contributed by atoms with Crippen LogP contribution < -0.4 is 15.5 Å². The minimum atomic E-state index is 0.147. The molecule has 2 N–H and O–H groups in total. The van der Waals surface area contributed by atoms with Gasteiger partial charge in [0.15, 0.2) is 0 Å². The molecule has 0 radical (unpaired) electrons. The van der Waals surface area contributed by atoms with Crippen LogP contribution in [0.5, 0.6) is 0 Å². The first kappa shape index (κ1) is 13.4. The summed E-state index contributed by atoms with van der Waals surface area (Å²) in [5.74, 6) is 0.147. The molecule has 0 spiro atoms. The molecule has 1 aliphatic heterocycles. The summed E-state index contributed by atoms with van der Waals surface area (Å²) in [6.07, 6.45) is 0.530. The average molecular weight is 312 g/mol. The summed E-state index contributed by atoms with van der Waals surface area (Å²) in [6, 6.07) is 4.07. The number of fused-ring (bicyclic) bond motifs is 1. The van der Waals surface area contributed by atoms with Crippen LogP contribution in [0, 0.1) is 6.92 Å². The molecule has 1 aliphatic rings. The predicted molar refractivity (Wildman–Crippen MR) is 78.2 cm³/mol. The molecule has 18 heavy (non-hydrogen) atoms. The Morgan fingerprint density at radius 1 is 1.44 bits per heavy atom. The van der Waals surface area contributed by atoms with Gasteiger partial charge in [0.2, 0.25) is 5.91 Å². The number of rotatable bonds is 2. The Bertz CT molecular complexity index is 476. The van der Waals surface area contributed by atoms with Crippen molar-refractivity contribution in [3.63, 3.8) is 0 Å². The Kier molecular flexibility index (Phi) is 3.92. The van der Waals surface area contributed by atoms with Crippen LogP contribution in [0.15, 0.2) is 16.6 Å². The molecule has 0 saturated heterocycles. The Morgan fingerprint density at radius 3 is 2.83 bits per heavy atom. The van der Waals surface area contributed by atoms with Crippen molar-refractivity contribution >= 4 is 33.2 Å². The van der Waals surface area contributed by atoms with Crippen molar-refractivity contribution in [3.8, 4) is 0 Å². The molecule has 4 nitrogen and oxygen atoms in total. The van der Waals surface area contributed by atoms with E-state index in [-0.39, 0.29) is 5.91 Å². The molecule has 0 unspecified atom stereocenters.